The monoisotopic (exact) mass is 533 g/mol. The van der Waals surface area contributed by atoms with Crippen molar-refractivity contribution in [2.24, 2.45) is 0 Å². The van der Waals surface area contributed by atoms with Crippen LogP contribution in [0.3, 0.4) is 0 Å². The van der Waals surface area contributed by atoms with Crippen LogP contribution < -0.4 is 42.1 Å². The van der Waals surface area contributed by atoms with E-state index in [1.807, 2.05) is 59.1 Å². The van der Waals surface area contributed by atoms with Crippen LogP contribution in [0.25, 0.3) is 0 Å². The van der Waals surface area contributed by atoms with E-state index in [2.05, 4.69) is 25.3 Å². The van der Waals surface area contributed by atoms with Gasteiger partial charge in [0.1, 0.15) is 22.7 Å². The summed E-state index contributed by atoms with van der Waals surface area (Å²) >= 11 is 0. The Morgan fingerprint density at radius 3 is 1.18 bits per heavy atom. The lowest BCUT2D eigenvalue weighted by molar-refractivity contribution is 0.331. The first kappa shape index (κ1) is 31.5. The van der Waals surface area contributed by atoms with Crippen LogP contribution in [0, 0.1) is 0 Å². The van der Waals surface area contributed by atoms with E-state index in [4.69, 9.17) is 0 Å². The molecule has 0 radical (unpaired) electrons. The highest BCUT2D eigenvalue weighted by Gasteiger charge is 2.24. The fourth-order valence-corrected chi connectivity index (χ4v) is 4.52. The lowest BCUT2D eigenvalue weighted by Gasteiger charge is -2.25. The highest BCUT2D eigenvalue weighted by molar-refractivity contribution is 5.75. The molecule has 0 unspecified atom stereocenters. The quantitative estimate of drug-likeness (QED) is 0.176. The third kappa shape index (κ3) is 8.64. The molecule has 0 atom stereocenters. The summed E-state index contributed by atoms with van der Waals surface area (Å²) in [6.07, 6.45) is 3.48. The smallest absolute Gasteiger partial charge is 0.253 e. The fraction of sp³-hybridized carbons (Fsp3) is 0.704. The van der Waals surface area contributed by atoms with Gasteiger partial charge in [-0.05, 0) is 87.1 Å². The Kier molecular flexibility index (Phi) is 12.4. The maximum Gasteiger partial charge on any atom is 0.253 e. The number of nitrogens with zero attached hydrogens (tertiary/aromatic N) is 5. The van der Waals surface area contributed by atoms with Gasteiger partial charge < -0.3 is 35.1 Å². The second-order valence-corrected chi connectivity index (χ2v) is 10.8. The van der Waals surface area contributed by atoms with Crippen molar-refractivity contribution < 1.29 is 0 Å². The van der Waals surface area contributed by atoms with Crippen LogP contribution in [0.15, 0.2) is 19.2 Å². The average molecular weight is 534 g/mol. The van der Waals surface area contributed by atoms with E-state index in [9.17, 15) is 19.2 Å². The van der Waals surface area contributed by atoms with Gasteiger partial charge in [-0.3, -0.25) is 19.2 Å². The Bertz CT molecular complexity index is 1060. The van der Waals surface area contributed by atoms with E-state index < -0.39 is 21.7 Å². The number of rotatable bonds is 20. The van der Waals surface area contributed by atoms with E-state index in [1.54, 1.807) is 0 Å². The molecular formula is C27H47N7O4. The average Bonchev–Trinajstić information content (AvgIpc) is 2.85. The van der Waals surface area contributed by atoms with E-state index in [-0.39, 0.29) is 0 Å². The van der Waals surface area contributed by atoms with Crippen molar-refractivity contribution >= 4 is 22.7 Å². The number of nitrogens with one attached hydrogen (secondary N) is 2. The molecule has 11 nitrogen and oxygen atoms in total. The Morgan fingerprint density at radius 2 is 0.842 bits per heavy atom. The van der Waals surface area contributed by atoms with Crippen LogP contribution in [0.5, 0.6) is 0 Å². The molecule has 2 aromatic carbocycles. The van der Waals surface area contributed by atoms with Crippen molar-refractivity contribution in [3.8, 4) is 0 Å². The minimum Gasteiger partial charge on any atom is -0.380 e. The summed E-state index contributed by atoms with van der Waals surface area (Å²) in [6.45, 7) is 6.17. The number of anilines is 4. The van der Waals surface area contributed by atoms with Crippen LogP contribution in [0.4, 0.5) is 22.7 Å². The van der Waals surface area contributed by atoms with Gasteiger partial charge in [0.2, 0.25) is 0 Å². The van der Waals surface area contributed by atoms with Crippen molar-refractivity contribution in [3.63, 3.8) is 0 Å². The molecule has 2 aromatic rings. The third-order valence-corrected chi connectivity index (χ3v) is 6.77. The van der Waals surface area contributed by atoms with Gasteiger partial charge in [-0.2, -0.15) is 0 Å². The van der Waals surface area contributed by atoms with Crippen LogP contribution in [0.1, 0.15) is 25.7 Å². The summed E-state index contributed by atoms with van der Waals surface area (Å²) in [5.74, 6) is 0. The molecule has 0 fully saturated rings. The molecular weight excluding hydrogens is 486 g/mol. The molecule has 0 saturated carbocycles. The van der Waals surface area contributed by atoms with Gasteiger partial charge in [0.15, 0.2) is 0 Å². The van der Waals surface area contributed by atoms with Crippen LogP contribution in [-0.4, -0.2) is 116 Å². The lowest BCUT2D eigenvalue weighted by Crippen LogP contribution is -2.42. The minimum atomic E-state index is -0.431. The third-order valence-electron chi connectivity index (χ3n) is 6.77. The Hall–Kier alpha value is -2.76. The van der Waals surface area contributed by atoms with Crippen molar-refractivity contribution in [2.75, 3.05) is 122 Å². The van der Waals surface area contributed by atoms with Gasteiger partial charge in [-0.25, -0.2) is 0 Å². The van der Waals surface area contributed by atoms with Gasteiger partial charge in [-0.1, -0.05) is 0 Å². The molecule has 11 heteroatoms. The zero-order chi connectivity index (χ0) is 28.4. The molecule has 0 bridgehead atoms. The molecule has 0 aliphatic carbocycles. The van der Waals surface area contributed by atoms with E-state index >= 15 is 0 Å². The summed E-state index contributed by atoms with van der Waals surface area (Å²) < 4.78 is 0. The topological polar surface area (TPSA) is 109 Å². The Morgan fingerprint density at radius 1 is 0.474 bits per heavy atom. The summed E-state index contributed by atoms with van der Waals surface area (Å²) in [7, 11) is 13.8. The van der Waals surface area contributed by atoms with Crippen molar-refractivity contribution in [1.82, 2.24) is 14.7 Å². The molecule has 0 heterocycles. The molecule has 2 rings (SSSR count). The van der Waals surface area contributed by atoms with Gasteiger partial charge in [0.05, 0.1) is 0 Å². The SMILES string of the molecule is CN(C)CCCN(C)c1c(NCCCN(C)CCCNc2c(N(C)CCCN(C)C)c(=O)c2=O)c(=O)c1=O. The van der Waals surface area contributed by atoms with E-state index in [0.717, 1.165) is 65.0 Å². The molecule has 0 aliphatic heterocycles. The van der Waals surface area contributed by atoms with Gasteiger partial charge in [-0.15, -0.1) is 0 Å². The minimum absolute atomic E-state index is 0.408. The Labute approximate surface area is 226 Å². The van der Waals surface area contributed by atoms with Gasteiger partial charge in [0.25, 0.3) is 21.7 Å². The molecule has 0 spiro atoms. The fourth-order valence-electron chi connectivity index (χ4n) is 4.52. The normalized spacial score (nSPS) is 11.8. The molecule has 0 aliphatic rings. The molecule has 0 saturated heterocycles. The highest BCUT2D eigenvalue weighted by atomic mass is 16.2. The zero-order valence-corrected chi connectivity index (χ0v) is 24.4. The van der Waals surface area contributed by atoms with E-state index in [0.29, 0.717) is 35.8 Å². The first-order chi connectivity index (χ1) is 18.0. The first-order valence-corrected chi connectivity index (χ1v) is 13.5. The second kappa shape index (κ2) is 15.0. The lowest BCUT2D eigenvalue weighted by atomic mass is 10.1. The van der Waals surface area contributed by atoms with Crippen LogP contribution >= 0.6 is 0 Å². The largest absolute Gasteiger partial charge is 0.380 e. The van der Waals surface area contributed by atoms with E-state index in [1.165, 1.54) is 0 Å². The second-order valence-electron chi connectivity index (χ2n) is 10.8. The Balaban J connectivity index is 1.68. The maximum absolute atomic E-state index is 12.1. The summed E-state index contributed by atoms with van der Waals surface area (Å²) in [6, 6.07) is 0. The predicted molar refractivity (Wildman–Crippen MR) is 159 cm³/mol. The standard InChI is InChI=1S/C27H47N7O4/c1-30(2)14-10-18-33(6)22-20(24(35)26(22)37)28-12-8-16-32(5)17-9-13-29-21-23(27(38)25(21)36)34(7)19-11-15-31(3)4/h28-29H,8-19H2,1-7H3. The molecule has 0 amide bonds. The highest BCUT2D eigenvalue weighted by Crippen LogP contribution is 2.20. The van der Waals surface area contributed by atoms with Crippen molar-refractivity contribution in [2.45, 2.75) is 25.7 Å². The predicted octanol–water partition coefficient (Wildman–Crippen LogP) is -0.110. The van der Waals surface area contributed by atoms with Crippen LogP contribution in [-0.2, 0) is 0 Å². The summed E-state index contributed by atoms with van der Waals surface area (Å²) in [4.78, 5) is 58.4. The molecule has 38 heavy (non-hydrogen) atoms. The maximum atomic E-state index is 12.1. The molecule has 214 valence electrons. The molecule has 0 aromatic heterocycles. The zero-order valence-electron chi connectivity index (χ0n) is 24.4. The van der Waals surface area contributed by atoms with Crippen molar-refractivity contribution in [3.05, 3.63) is 40.9 Å². The summed E-state index contributed by atoms with van der Waals surface area (Å²) in [5, 5.41) is 6.33. The number of hydrogen-bond acceptors (Lipinski definition) is 11. The van der Waals surface area contributed by atoms with Gasteiger partial charge in [0, 0.05) is 40.3 Å². The number of hydrogen-bond donors (Lipinski definition) is 2. The summed E-state index contributed by atoms with van der Waals surface area (Å²) in [5.41, 5.74) is 0.181. The van der Waals surface area contributed by atoms with Crippen LogP contribution in [0.2, 0.25) is 0 Å². The first-order valence-electron chi connectivity index (χ1n) is 13.5. The van der Waals surface area contributed by atoms with Crippen molar-refractivity contribution in [1.29, 1.82) is 0 Å². The van der Waals surface area contributed by atoms with Gasteiger partial charge >= 0.3 is 0 Å². The molecule has 2 N–H and O–H groups in total.